The van der Waals surface area contributed by atoms with Crippen LogP contribution in [0.1, 0.15) is 0 Å². The number of hydrogen-bond donors (Lipinski definition) is 8. The summed E-state index contributed by atoms with van der Waals surface area (Å²) in [7, 11) is -4.64. The number of aliphatic hydroxyl groups excluding tert-OH is 5. The monoisotopic (exact) mass is 330 g/mol. The molecular weight excluding hydrogens is 315 g/mol. The zero-order chi connectivity index (χ0) is 12.6. The van der Waals surface area contributed by atoms with Crippen LogP contribution in [0.4, 0.5) is 0 Å². The van der Waals surface area contributed by atoms with Gasteiger partial charge in [0.2, 0.25) is 0 Å². The third-order valence-corrected chi connectivity index (χ3v) is 1.16. The van der Waals surface area contributed by atoms with E-state index < -0.39 is 39.3 Å². The maximum absolute atomic E-state index is 8.88. The summed E-state index contributed by atoms with van der Waals surface area (Å²) in [5, 5.41) is 42.6. The summed E-state index contributed by atoms with van der Waals surface area (Å²) in [5.74, 6) is 0. The molecular formula is C5H15O11PTi. The molecule has 0 saturated heterocycles. The largest absolute Gasteiger partial charge is 4.00 e. The fourth-order valence-electron chi connectivity index (χ4n) is 0.472. The predicted molar refractivity (Wildman–Crippen MR) is 47.8 cm³/mol. The van der Waals surface area contributed by atoms with E-state index in [0.717, 1.165) is 0 Å². The van der Waals surface area contributed by atoms with Gasteiger partial charge in [-0.25, -0.2) is 4.57 Å². The van der Waals surface area contributed by atoms with Crippen molar-refractivity contribution in [2.24, 2.45) is 0 Å². The first-order valence-corrected chi connectivity index (χ1v) is 5.24. The normalized spacial score (nSPS) is 14.4. The second kappa shape index (κ2) is 15.6. The second-order valence-corrected chi connectivity index (χ2v) is 3.53. The second-order valence-electron chi connectivity index (χ2n) is 2.50. The standard InChI is InChI=1S/C5H12O5.H3O4P.2O.Ti/c6-1-3(8)5(10)4(9)2-7;1-5(2,3)4;;;/h3-10H,1-2H2;(H3,1,2,3,4);;;/q;;2*-2;+4. The van der Waals surface area contributed by atoms with Gasteiger partial charge in [-0.2, -0.15) is 0 Å². The first-order valence-electron chi connectivity index (χ1n) is 3.67. The van der Waals surface area contributed by atoms with Crippen molar-refractivity contribution >= 4 is 7.82 Å². The quantitative estimate of drug-likeness (QED) is 0.184. The summed E-state index contributed by atoms with van der Waals surface area (Å²) < 4.78 is 8.88. The Morgan fingerprint density at radius 1 is 0.833 bits per heavy atom. The van der Waals surface area contributed by atoms with E-state index in [2.05, 4.69) is 0 Å². The van der Waals surface area contributed by atoms with Crippen LogP contribution >= 0.6 is 7.82 Å². The van der Waals surface area contributed by atoms with Crippen LogP contribution in [0, 0.1) is 0 Å². The molecule has 0 heterocycles. The van der Waals surface area contributed by atoms with Crippen LogP contribution in [0.3, 0.4) is 0 Å². The zero-order valence-electron chi connectivity index (χ0n) is 8.90. The fraction of sp³-hybridized carbons (Fsp3) is 1.00. The van der Waals surface area contributed by atoms with Gasteiger partial charge in [-0.1, -0.05) is 0 Å². The van der Waals surface area contributed by atoms with Gasteiger partial charge in [0.15, 0.2) is 0 Å². The van der Waals surface area contributed by atoms with Gasteiger partial charge in [0.25, 0.3) is 0 Å². The summed E-state index contributed by atoms with van der Waals surface area (Å²) in [4.78, 5) is 21.6. The van der Waals surface area contributed by atoms with Gasteiger partial charge in [-0.15, -0.1) is 0 Å². The van der Waals surface area contributed by atoms with E-state index >= 15 is 0 Å². The third-order valence-electron chi connectivity index (χ3n) is 1.16. The number of phosphoric acid groups is 1. The molecule has 0 aliphatic rings. The van der Waals surface area contributed by atoms with E-state index in [4.69, 9.17) is 44.8 Å². The summed E-state index contributed by atoms with van der Waals surface area (Å²) in [5.41, 5.74) is 0. The minimum atomic E-state index is -4.64. The first-order chi connectivity index (χ1) is 6.63. The molecule has 0 radical (unpaired) electrons. The summed E-state index contributed by atoms with van der Waals surface area (Å²) in [6, 6.07) is 0. The molecule has 0 spiro atoms. The van der Waals surface area contributed by atoms with Crippen molar-refractivity contribution in [2.75, 3.05) is 13.2 Å². The third kappa shape index (κ3) is 25.4. The molecule has 2 atom stereocenters. The minimum Gasteiger partial charge on any atom is -2.00 e. The minimum absolute atomic E-state index is 0. The van der Waals surface area contributed by atoms with Gasteiger partial charge in [0, 0.05) is 0 Å². The number of hydrogen-bond acceptors (Lipinski definition) is 6. The molecule has 0 aliphatic carbocycles. The summed E-state index contributed by atoms with van der Waals surface area (Å²) in [6.45, 7) is -1.28. The van der Waals surface area contributed by atoms with Crippen molar-refractivity contribution in [3.8, 4) is 0 Å². The molecule has 110 valence electrons. The SMILES string of the molecule is O=P(O)(O)O.OCC(O)C(O)C(O)CO.[O-2].[O-2].[Ti+4]. The van der Waals surface area contributed by atoms with E-state index in [1.165, 1.54) is 0 Å². The molecule has 0 rings (SSSR count). The van der Waals surface area contributed by atoms with Crippen molar-refractivity contribution in [2.45, 2.75) is 18.3 Å². The summed E-state index contributed by atoms with van der Waals surface area (Å²) >= 11 is 0. The number of rotatable bonds is 4. The Morgan fingerprint density at radius 2 is 1.00 bits per heavy atom. The molecule has 0 aromatic heterocycles. The van der Waals surface area contributed by atoms with E-state index in [0.29, 0.717) is 0 Å². The Balaban J connectivity index is -0.0000000621. The summed E-state index contributed by atoms with van der Waals surface area (Å²) in [6.07, 6.45) is -4.29. The van der Waals surface area contributed by atoms with Crippen LogP contribution in [0.5, 0.6) is 0 Å². The van der Waals surface area contributed by atoms with Gasteiger partial charge >= 0.3 is 29.5 Å². The fourth-order valence-corrected chi connectivity index (χ4v) is 0.472. The molecule has 0 bridgehead atoms. The molecule has 2 unspecified atom stereocenters. The molecule has 0 amide bonds. The van der Waals surface area contributed by atoms with Crippen LogP contribution in [0.2, 0.25) is 0 Å². The topological polar surface area (TPSA) is 236 Å². The Bertz CT molecular complexity index is 180. The molecule has 18 heavy (non-hydrogen) atoms. The maximum Gasteiger partial charge on any atom is 4.00 e. The van der Waals surface area contributed by atoms with Crippen LogP contribution in [-0.4, -0.2) is 71.7 Å². The van der Waals surface area contributed by atoms with Crippen molar-refractivity contribution < 1.29 is 77.4 Å². The van der Waals surface area contributed by atoms with E-state index in [1.807, 2.05) is 0 Å². The number of aliphatic hydroxyl groups is 5. The van der Waals surface area contributed by atoms with Crippen LogP contribution in [0.15, 0.2) is 0 Å². The van der Waals surface area contributed by atoms with Crippen molar-refractivity contribution in [1.29, 1.82) is 0 Å². The molecule has 0 aromatic carbocycles. The average molecular weight is 330 g/mol. The van der Waals surface area contributed by atoms with Gasteiger partial charge < -0.3 is 51.2 Å². The zero-order valence-corrected chi connectivity index (χ0v) is 11.4. The van der Waals surface area contributed by atoms with Crippen LogP contribution in [-0.2, 0) is 37.2 Å². The molecule has 0 aliphatic heterocycles. The first kappa shape index (κ1) is 31.1. The Hall–Kier alpha value is 0.544. The van der Waals surface area contributed by atoms with Crippen LogP contribution in [0.25, 0.3) is 0 Å². The smallest absolute Gasteiger partial charge is 2.00 e. The molecule has 8 N–H and O–H groups in total. The van der Waals surface area contributed by atoms with E-state index in [-0.39, 0.29) is 32.7 Å². The molecule has 0 aromatic rings. The Kier molecular flexibility index (Phi) is 27.0. The van der Waals surface area contributed by atoms with Gasteiger partial charge in [0.05, 0.1) is 13.2 Å². The van der Waals surface area contributed by atoms with E-state index in [1.54, 1.807) is 0 Å². The Morgan fingerprint density at radius 3 is 1.11 bits per heavy atom. The molecule has 0 fully saturated rings. The van der Waals surface area contributed by atoms with Crippen molar-refractivity contribution in [3.63, 3.8) is 0 Å². The maximum atomic E-state index is 8.88. The van der Waals surface area contributed by atoms with Crippen LogP contribution < -0.4 is 0 Å². The molecule has 11 nitrogen and oxygen atoms in total. The van der Waals surface area contributed by atoms with Crippen molar-refractivity contribution in [3.05, 3.63) is 0 Å². The molecule has 0 saturated carbocycles. The van der Waals surface area contributed by atoms with Gasteiger partial charge in [0.1, 0.15) is 18.3 Å². The molecule has 13 heteroatoms. The van der Waals surface area contributed by atoms with E-state index in [9.17, 15) is 0 Å². The Labute approximate surface area is 117 Å². The van der Waals surface area contributed by atoms with Gasteiger partial charge in [-0.05, 0) is 0 Å². The van der Waals surface area contributed by atoms with Gasteiger partial charge in [-0.3, -0.25) is 0 Å². The predicted octanol–water partition coefficient (Wildman–Crippen LogP) is -4.11. The average Bonchev–Trinajstić information content (AvgIpc) is 2.11. The van der Waals surface area contributed by atoms with Crippen molar-refractivity contribution in [1.82, 2.24) is 0 Å².